The fourth-order valence-corrected chi connectivity index (χ4v) is 2.26. The summed E-state index contributed by atoms with van der Waals surface area (Å²) in [5.74, 6) is 0. The summed E-state index contributed by atoms with van der Waals surface area (Å²) >= 11 is 3.19. The molecule has 1 aromatic carbocycles. The second kappa shape index (κ2) is 6.04. The molecule has 0 aliphatic carbocycles. The van der Waals surface area contributed by atoms with Crippen LogP contribution in [0.4, 0.5) is 5.69 Å². The highest BCUT2D eigenvalue weighted by molar-refractivity contribution is 9.10. The maximum atomic E-state index is 12.0. The fraction of sp³-hybridized carbons (Fsp3) is 0.231. The van der Waals surface area contributed by atoms with Gasteiger partial charge in [0.15, 0.2) is 0 Å². The SMILES string of the molecule is COc1nc(C)cc(=O)n1Cc1ccc(Br)cc1[N+](=O)[O-]. The highest BCUT2D eigenvalue weighted by Gasteiger charge is 2.17. The lowest BCUT2D eigenvalue weighted by Gasteiger charge is -2.11. The molecule has 8 heteroatoms. The Hall–Kier alpha value is -2.22. The molecule has 0 radical (unpaired) electrons. The predicted molar refractivity (Wildman–Crippen MR) is 79.7 cm³/mol. The van der Waals surface area contributed by atoms with Crippen molar-refractivity contribution in [2.24, 2.45) is 0 Å². The Labute approximate surface area is 128 Å². The van der Waals surface area contributed by atoms with Gasteiger partial charge in [0.2, 0.25) is 0 Å². The van der Waals surface area contributed by atoms with E-state index in [9.17, 15) is 14.9 Å². The van der Waals surface area contributed by atoms with Crippen LogP contribution in [0.15, 0.2) is 33.5 Å². The maximum absolute atomic E-state index is 12.0. The lowest BCUT2D eigenvalue weighted by Crippen LogP contribution is -2.23. The lowest BCUT2D eigenvalue weighted by atomic mass is 10.2. The van der Waals surface area contributed by atoms with Gasteiger partial charge in [-0.25, -0.2) is 4.98 Å². The van der Waals surface area contributed by atoms with Crippen molar-refractivity contribution in [1.82, 2.24) is 9.55 Å². The molecule has 0 amide bonds. The van der Waals surface area contributed by atoms with Gasteiger partial charge in [0, 0.05) is 27.9 Å². The van der Waals surface area contributed by atoms with E-state index in [0.717, 1.165) is 0 Å². The van der Waals surface area contributed by atoms with Crippen molar-refractivity contribution in [2.75, 3.05) is 7.11 Å². The Bertz CT molecular complexity index is 758. The van der Waals surface area contributed by atoms with E-state index in [2.05, 4.69) is 20.9 Å². The van der Waals surface area contributed by atoms with Crippen molar-refractivity contribution < 1.29 is 9.66 Å². The Morgan fingerprint density at radius 3 is 2.76 bits per heavy atom. The summed E-state index contributed by atoms with van der Waals surface area (Å²) in [7, 11) is 1.40. The van der Waals surface area contributed by atoms with E-state index in [-0.39, 0.29) is 23.8 Å². The number of aryl methyl sites for hydroxylation is 1. The second-order valence-corrected chi connectivity index (χ2v) is 5.25. The maximum Gasteiger partial charge on any atom is 0.299 e. The molecule has 0 unspecified atom stereocenters. The highest BCUT2D eigenvalue weighted by atomic mass is 79.9. The minimum atomic E-state index is -0.487. The molecule has 0 fully saturated rings. The zero-order chi connectivity index (χ0) is 15.6. The molecule has 2 rings (SSSR count). The van der Waals surface area contributed by atoms with E-state index >= 15 is 0 Å². The van der Waals surface area contributed by atoms with Gasteiger partial charge in [-0.15, -0.1) is 0 Å². The molecule has 21 heavy (non-hydrogen) atoms. The van der Waals surface area contributed by atoms with E-state index in [4.69, 9.17) is 4.74 Å². The van der Waals surface area contributed by atoms with Gasteiger partial charge in [0.25, 0.3) is 17.3 Å². The molecular weight excluding hydrogens is 342 g/mol. The molecule has 0 aliphatic rings. The first-order chi connectivity index (χ1) is 9.92. The molecule has 1 aromatic heterocycles. The van der Waals surface area contributed by atoms with Crippen LogP contribution < -0.4 is 10.3 Å². The summed E-state index contributed by atoms with van der Waals surface area (Å²) in [5.41, 5.74) is 0.531. The molecule has 0 saturated carbocycles. The normalized spacial score (nSPS) is 10.4. The summed E-state index contributed by atoms with van der Waals surface area (Å²) in [6.45, 7) is 1.69. The first-order valence-electron chi connectivity index (χ1n) is 5.97. The quantitative estimate of drug-likeness (QED) is 0.621. The molecule has 0 bridgehead atoms. The smallest absolute Gasteiger partial charge is 0.299 e. The van der Waals surface area contributed by atoms with E-state index in [1.165, 1.54) is 23.8 Å². The van der Waals surface area contributed by atoms with E-state index in [1.807, 2.05) is 0 Å². The van der Waals surface area contributed by atoms with Crippen LogP contribution in [0.1, 0.15) is 11.3 Å². The van der Waals surface area contributed by atoms with Crippen LogP contribution >= 0.6 is 15.9 Å². The van der Waals surface area contributed by atoms with Gasteiger partial charge in [-0.3, -0.25) is 19.5 Å². The third kappa shape index (κ3) is 3.27. The standard InChI is InChI=1S/C13H12BrN3O4/c1-8-5-12(18)16(13(15-8)21-2)7-9-3-4-10(14)6-11(9)17(19)20/h3-6H,7H2,1-2H3. The Balaban J connectivity index is 2.53. The van der Waals surface area contributed by atoms with Crippen LogP contribution in [0.2, 0.25) is 0 Å². The molecule has 0 aliphatic heterocycles. The molecule has 0 spiro atoms. The summed E-state index contributed by atoms with van der Waals surface area (Å²) in [6.07, 6.45) is 0. The van der Waals surface area contributed by atoms with Crippen molar-refractivity contribution in [2.45, 2.75) is 13.5 Å². The summed E-state index contributed by atoms with van der Waals surface area (Å²) < 4.78 is 6.93. The average molecular weight is 354 g/mol. The predicted octanol–water partition coefficient (Wildman–Crippen LogP) is 2.28. The number of halogens is 1. The van der Waals surface area contributed by atoms with Crippen molar-refractivity contribution in [3.05, 3.63) is 60.5 Å². The Morgan fingerprint density at radius 1 is 1.43 bits per heavy atom. The molecule has 0 saturated heterocycles. The number of rotatable bonds is 4. The van der Waals surface area contributed by atoms with Gasteiger partial charge < -0.3 is 4.74 Å². The van der Waals surface area contributed by atoms with Gasteiger partial charge in [0.05, 0.1) is 18.6 Å². The number of nitro benzene ring substituents is 1. The third-order valence-electron chi connectivity index (χ3n) is 2.86. The number of nitro groups is 1. The third-order valence-corrected chi connectivity index (χ3v) is 3.35. The number of nitrogens with zero attached hydrogens (tertiary/aromatic N) is 3. The van der Waals surface area contributed by atoms with Crippen LogP contribution in [0.5, 0.6) is 6.01 Å². The largest absolute Gasteiger partial charge is 0.468 e. The number of ether oxygens (including phenoxy) is 1. The summed E-state index contributed by atoms with van der Waals surface area (Å²) in [6, 6.07) is 6.15. The van der Waals surface area contributed by atoms with E-state index in [0.29, 0.717) is 15.7 Å². The van der Waals surface area contributed by atoms with Gasteiger partial charge >= 0.3 is 0 Å². The summed E-state index contributed by atoms with van der Waals surface area (Å²) in [4.78, 5) is 26.8. The van der Waals surface area contributed by atoms with E-state index < -0.39 is 4.92 Å². The molecule has 2 aromatic rings. The molecular formula is C13H12BrN3O4. The van der Waals surface area contributed by atoms with E-state index in [1.54, 1.807) is 19.1 Å². The first-order valence-corrected chi connectivity index (χ1v) is 6.77. The van der Waals surface area contributed by atoms with Crippen LogP contribution in [-0.2, 0) is 6.54 Å². The van der Waals surface area contributed by atoms with Crippen molar-refractivity contribution in [3.8, 4) is 6.01 Å². The number of benzene rings is 1. The fourth-order valence-electron chi connectivity index (χ4n) is 1.91. The van der Waals surface area contributed by atoms with Crippen LogP contribution in [0.25, 0.3) is 0 Å². The Morgan fingerprint density at radius 2 is 2.14 bits per heavy atom. The van der Waals surface area contributed by atoms with Gasteiger partial charge in [-0.2, -0.15) is 0 Å². The number of aromatic nitrogens is 2. The van der Waals surface area contributed by atoms with Gasteiger partial charge in [-0.05, 0) is 19.1 Å². The monoisotopic (exact) mass is 353 g/mol. The zero-order valence-electron chi connectivity index (χ0n) is 11.4. The number of hydrogen-bond acceptors (Lipinski definition) is 5. The van der Waals surface area contributed by atoms with Gasteiger partial charge in [-0.1, -0.05) is 15.9 Å². The molecule has 7 nitrogen and oxygen atoms in total. The van der Waals surface area contributed by atoms with Crippen molar-refractivity contribution in [3.63, 3.8) is 0 Å². The van der Waals surface area contributed by atoms with Gasteiger partial charge in [0.1, 0.15) is 0 Å². The van der Waals surface area contributed by atoms with Crippen LogP contribution in [-0.4, -0.2) is 21.6 Å². The number of methoxy groups -OCH3 is 1. The molecule has 0 atom stereocenters. The van der Waals surface area contributed by atoms with Crippen molar-refractivity contribution in [1.29, 1.82) is 0 Å². The highest BCUT2D eigenvalue weighted by Crippen LogP contribution is 2.24. The zero-order valence-corrected chi connectivity index (χ0v) is 13.0. The van der Waals surface area contributed by atoms with Crippen LogP contribution in [0, 0.1) is 17.0 Å². The Kier molecular flexibility index (Phi) is 4.37. The average Bonchev–Trinajstić information content (AvgIpc) is 2.42. The molecule has 1 heterocycles. The second-order valence-electron chi connectivity index (χ2n) is 4.34. The van der Waals surface area contributed by atoms with Crippen molar-refractivity contribution >= 4 is 21.6 Å². The molecule has 0 N–H and O–H groups in total. The molecule has 110 valence electrons. The minimum absolute atomic E-state index is 0.0128. The van der Waals surface area contributed by atoms with Crippen LogP contribution in [0.3, 0.4) is 0 Å². The lowest BCUT2D eigenvalue weighted by molar-refractivity contribution is -0.385. The minimum Gasteiger partial charge on any atom is -0.468 e. The first kappa shape index (κ1) is 15.2. The summed E-state index contributed by atoms with van der Waals surface area (Å²) in [5, 5.41) is 11.1. The topological polar surface area (TPSA) is 87.3 Å². The number of hydrogen-bond donors (Lipinski definition) is 0.